The van der Waals surface area contributed by atoms with Crippen LogP contribution in [0.1, 0.15) is 11.1 Å². The van der Waals surface area contributed by atoms with E-state index in [0.29, 0.717) is 11.1 Å². The van der Waals surface area contributed by atoms with Gasteiger partial charge in [-0.15, -0.1) is 0 Å². The minimum Gasteiger partial charge on any atom is -0.358 e. The van der Waals surface area contributed by atoms with Gasteiger partial charge in [0, 0.05) is 16.5 Å². The highest BCUT2D eigenvalue weighted by Gasteiger charge is 2.07. The fraction of sp³-hybridized carbons (Fsp3) is 0. The van der Waals surface area contributed by atoms with E-state index in [2.05, 4.69) is 21.8 Å². The molecule has 0 saturated carbocycles. The molecule has 0 amide bonds. The second-order valence-electron chi connectivity index (χ2n) is 4.38. The number of nitrogens with one attached hydrogen (secondary N) is 2. The molecule has 0 radical (unpaired) electrons. The molecular formula is C16H10N4S. The molecular weight excluding hydrogens is 280 g/mol. The first-order chi connectivity index (χ1) is 10.3. The molecule has 2 N–H and O–H groups in total. The molecule has 21 heavy (non-hydrogen) atoms. The minimum atomic E-state index is 0.636. The van der Waals surface area contributed by atoms with E-state index < -0.39 is 0 Å². The Hall–Kier alpha value is -2.89. The lowest BCUT2D eigenvalue weighted by molar-refractivity contribution is 1.41. The quantitative estimate of drug-likeness (QED) is 0.714. The molecule has 1 heterocycles. The second-order valence-corrected chi connectivity index (χ2v) is 5.26. The van der Waals surface area contributed by atoms with Gasteiger partial charge in [0.05, 0.1) is 28.4 Å². The maximum atomic E-state index is 9.05. The molecule has 3 aromatic rings. The highest BCUT2D eigenvalue weighted by Crippen LogP contribution is 2.29. The first-order valence-corrected chi connectivity index (χ1v) is 7.06. The van der Waals surface area contributed by atoms with E-state index in [-0.39, 0.29) is 0 Å². The van der Waals surface area contributed by atoms with Crippen LogP contribution in [0.2, 0.25) is 0 Å². The van der Waals surface area contributed by atoms with Crippen molar-refractivity contribution in [3.63, 3.8) is 0 Å². The third-order valence-corrected chi connectivity index (χ3v) is 3.93. The second kappa shape index (κ2) is 5.62. The Balaban J connectivity index is 1.83. The largest absolute Gasteiger partial charge is 0.358 e. The summed E-state index contributed by atoms with van der Waals surface area (Å²) in [5.41, 5.74) is 3.11. The van der Waals surface area contributed by atoms with Crippen LogP contribution in [0.15, 0.2) is 53.6 Å². The molecule has 0 aliphatic rings. The summed E-state index contributed by atoms with van der Waals surface area (Å²) in [4.78, 5) is 4.13. The third kappa shape index (κ3) is 2.55. The van der Waals surface area contributed by atoms with Gasteiger partial charge < -0.3 is 9.71 Å². The van der Waals surface area contributed by atoms with Crippen molar-refractivity contribution in [2.24, 2.45) is 0 Å². The van der Waals surface area contributed by atoms with Gasteiger partial charge in [-0.1, -0.05) is 12.1 Å². The molecule has 0 aliphatic heterocycles. The van der Waals surface area contributed by atoms with Crippen LogP contribution in [0.4, 0.5) is 5.69 Å². The summed E-state index contributed by atoms with van der Waals surface area (Å²) in [5, 5.41) is 18.7. The molecule has 0 fully saturated rings. The number of rotatable bonds is 3. The first-order valence-electron chi connectivity index (χ1n) is 6.25. The van der Waals surface area contributed by atoms with Crippen LogP contribution in [-0.2, 0) is 0 Å². The summed E-state index contributed by atoms with van der Waals surface area (Å²) in [6.45, 7) is 0. The van der Waals surface area contributed by atoms with E-state index in [1.807, 2.05) is 30.3 Å². The van der Waals surface area contributed by atoms with Gasteiger partial charge in [-0.3, -0.25) is 0 Å². The first kappa shape index (κ1) is 13.1. The average Bonchev–Trinajstić information content (AvgIpc) is 2.97. The van der Waals surface area contributed by atoms with Gasteiger partial charge in [0.2, 0.25) is 0 Å². The number of aromatic nitrogens is 1. The van der Waals surface area contributed by atoms with Gasteiger partial charge >= 0.3 is 0 Å². The minimum absolute atomic E-state index is 0.636. The van der Waals surface area contributed by atoms with Gasteiger partial charge in [0.25, 0.3) is 0 Å². The summed E-state index contributed by atoms with van der Waals surface area (Å²) in [6, 6.07) is 17.4. The van der Waals surface area contributed by atoms with Crippen molar-refractivity contribution in [3.05, 3.63) is 59.8 Å². The van der Waals surface area contributed by atoms with Crippen molar-refractivity contribution >= 4 is 28.5 Å². The van der Waals surface area contributed by atoms with Gasteiger partial charge in [0.1, 0.15) is 6.07 Å². The fourth-order valence-electron chi connectivity index (χ4n) is 2.04. The summed E-state index contributed by atoms with van der Waals surface area (Å²) in [5.74, 6) is 0. The molecule has 0 bridgehead atoms. The maximum absolute atomic E-state index is 9.05. The molecule has 3 rings (SSSR count). The number of nitriles is 2. The lowest BCUT2D eigenvalue weighted by atomic mass is 10.2. The van der Waals surface area contributed by atoms with Gasteiger partial charge in [-0.25, -0.2) is 0 Å². The summed E-state index contributed by atoms with van der Waals surface area (Å²) >= 11 is 1.46. The summed E-state index contributed by atoms with van der Waals surface area (Å²) in [6.07, 6.45) is 1.71. The molecule has 100 valence electrons. The van der Waals surface area contributed by atoms with Gasteiger partial charge in [-0.05, 0) is 42.3 Å². The number of hydrogen-bond donors (Lipinski definition) is 2. The van der Waals surface area contributed by atoms with E-state index in [1.54, 1.807) is 18.3 Å². The Morgan fingerprint density at radius 1 is 1.00 bits per heavy atom. The summed E-state index contributed by atoms with van der Waals surface area (Å²) < 4.78 is 3.27. The van der Waals surface area contributed by atoms with Gasteiger partial charge in [-0.2, -0.15) is 10.5 Å². The van der Waals surface area contributed by atoms with Gasteiger partial charge in [0.15, 0.2) is 0 Å². The number of nitrogens with zero attached hydrogens (tertiary/aromatic N) is 2. The molecule has 4 nitrogen and oxygen atoms in total. The molecule has 0 aliphatic carbocycles. The van der Waals surface area contributed by atoms with Crippen molar-refractivity contribution in [1.82, 2.24) is 4.98 Å². The van der Waals surface area contributed by atoms with Crippen molar-refractivity contribution < 1.29 is 0 Å². The molecule has 5 heteroatoms. The zero-order valence-electron chi connectivity index (χ0n) is 10.9. The van der Waals surface area contributed by atoms with E-state index in [1.165, 1.54) is 11.9 Å². The molecule has 0 saturated heterocycles. The third-order valence-electron chi connectivity index (χ3n) is 3.10. The average molecular weight is 290 g/mol. The highest BCUT2D eigenvalue weighted by atomic mass is 32.2. The summed E-state index contributed by atoms with van der Waals surface area (Å²) in [7, 11) is 0. The monoisotopic (exact) mass is 290 g/mol. The highest BCUT2D eigenvalue weighted by molar-refractivity contribution is 8.00. The van der Waals surface area contributed by atoms with E-state index in [0.717, 1.165) is 21.5 Å². The van der Waals surface area contributed by atoms with Crippen LogP contribution >= 0.6 is 11.9 Å². The Kier molecular flexibility index (Phi) is 3.51. The zero-order valence-corrected chi connectivity index (χ0v) is 11.7. The van der Waals surface area contributed by atoms with E-state index in [4.69, 9.17) is 10.5 Å². The Bertz CT molecular complexity index is 866. The maximum Gasteiger partial charge on any atom is 0.101 e. The zero-order chi connectivity index (χ0) is 14.7. The number of hydrogen-bond acceptors (Lipinski definition) is 4. The number of para-hydroxylation sites is 1. The molecule has 0 spiro atoms. The van der Waals surface area contributed by atoms with Crippen molar-refractivity contribution in [2.75, 3.05) is 4.72 Å². The Morgan fingerprint density at radius 2 is 1.81 bits per heavy atom. The Morgan fingerprint density at radius 3 is 2.52 bits per heavy atom. The fourth-order valence-corrected chi connectivity index (χ4v) is 2.71. The van der Waals surface area contributed by atoms with E-state index in [9.17, 15) is 0 Å². The lowest BCUT2D eigenvalue weighted by Crippen LogP contribution is -1.88. The van der Waals surface area contributed by atoms with Crippen LogP contribution in [-0.4, -0.2) is 4.98 Å². The number of H-pyrrole nitrogens is 1. The van der Waals surface area contributed by atoms with Crippen molar-refractivity contribution in [3.8, 4) is 12.1 Å². The molecule has 0 atom stereocenters. The van der Waals surface area contributed by atoms with E-state index >= 15 is 0 Å². The van der Waals surface area contributed by atoms with Crippen LogP contribution in [0.5, 0.6) is 0 Å². The molecule has 1 aromatic heterocycles. The topological polar surface area (TPSA) is 75.4 Å². The number of benzene rings is 2. The number of aromatic amines is 1. The van der Waals surface area contributed by atoms with Crippen molar-refractivity contribution in [1.29, 1.82) is 10.5 Å². The standard InChI is InChI=1S/C16H10N4S/c17-8-11-4-6-13(7-5-11)21-20-15-3-1-2-14-12(9-18)10-19-16(14)15/h1-7,10,19-20H. The predicted octanol–water partition coefficient (Wildman–Crippen LogP) is 4.03. The normalized spacial score (nSPS) is 10.0. The Labute approximate surface area is 126 Å². The molecule has 2 aromatic carbocycles. The number of fused-ring (bicyclic) bond motifs is 1. The number of anilines is 1. The van der Waals surface area contributed by atoms with Crippen LogP contribution in [0, 0.1) is 22.7 Å². The van der Waals surface area contributed by atoms with Crippen LogP contribution in [0.3, 0.4) is 0 Å². The smallest absolute Gasteiger partial charge is 0.101 e. The van der Waals surface area contributed by atoms with Crippen LogP contribution in [0.25, 0.3) is 10.9 Å². The SMILES string of the molecule is N#Cc1ccc(SNc2cccc3c(C#N)c[nH]c23)cc1. The molecule has 0 unspecified atom stereocenters. The van der Waals surface area contributed by atoms with Crippen molar-refractivity contribution in [2.45, 2.75) is 4.90 Å². The van der Waals surface area contributed by atoms with Crippen LogP contribution < -0.4 is 4.72 Å². The predicted molar refractivity (Wildman–Crippen MR) is 83.7 cm³/mol. The lowest BCUT2D eigenvalue weighted by Gasteiger charge is -2.06.